The van der Waals surface area contributed by atoms with Gasteiger partial charge in [-0.1, -0.05) is 23.4 Å². The number of hydrogen-bond donors (Lipinski definition) is 0. The number of benzene rings is 2. The highest BCUT2D eigenvalue weighted by atomic mass is 16.6. The monoisotopic (exact) mass is 413 g/mol. The number of carbonyl (C=O) groups is 2. The fourth-order valence-corrected chi connectivity index (χ4v) is 6.03. The molecule has 2 aromatic carbocycles. The maximum absolute atomic E-state index is 13.3. The lowest BCUT2D eigenvalue weighted by molar-refractivity contribution is -0.125. The third-order valence-electron chi connectivity index (χ3n) is 7.16. The van der Waals surface area contributed by atoms with Crippen LogP contribution in [0, 0.1) is 40.9 Å². The summed E-state index contributed by atoms with van der Waals surface area (Å²) in [5.74, 6) is -0.180. The van der Waals surface area contributed by atoms with E-state index in [4.69, 9.17) is 14.8 Å². The number of nitriles is 1. The Kier molecular flexibility index (Phi) is 3.90. The molecule has 7 nitrogen and oxygen atoms in total. The van der Waals surface area contributed by atoms with Gasteiger partial charge in [-0.3, -0.25) is 14.5 Å². The lowest BCUT2D eigenvalue weighted by Crippen LogP contribution is -2.41. The van der Waals surface area contributed by atoms with Crippen molar-refractivity contribution >= 4 is 23.2 Å². The van der Waals surface area contributed by atoms with Crippen molar-refractivity contribution in [2.75, 3.05) is 11.5 Å². The molecular weight excluding hydrogens is 394 g/mol. The molecule has 0 unspecified atom stereocenters. The number of imide groups is 1. The van der Waals surface area contributed by atoms with E-state index in [1.807, 2.05) is 36.4 Å². The van der Waals surface area contributed by atoms with Crippen LogP contribution in [0.1, 0.15) is 12.0 Å². The Hall–Kier alpha value is -3.66. The van der Waals surface area contributed by atoms with Gasteiger partial charge in [0, 0.05) is 17.4 Å². The molecule has 0 radical (unpaired) electrons. The second-order valence-electron chi connectivity index (χ2n) is 8.51. The van der Waals surface area contributed by atoms with Gasteiger partial charge in [0.25, 0.3) is 0 Å². The standard InChI is InChI=1S/C24H19N3O4/c25-10-11-30-15-8-6-13(7-9-15)21-20-16-12-17(22(20)31-26-21)19-18(16)23(28)27(24(19)29)14-4-2-1-3-5-14/h1-9,16-20,22H,11-12H2/t16-,17-,18-,19-,20-,22+/m0/s1. The molecule has 2 amide bonds. The fourth-order valence-electron chi connectivity index (χ4n) is 6.03. The van der Waals surface area contributed by atoms with Gasteiger partial charge in [0.15, 0.2) is 6.61 Å². The molecule has 2 aliphatic heterocycles. The number of fused-ring (bicyclic) bond motifs is 8. The van der Waals surface area contributed by atoms with Gasteiger partial charge in [-0.05, 0) is 48.7 Å². The topological polar surface area (TPSA) is 92.0 Å². The maximum atomic E-state index is 13.3. The number of hydrogen-bond acceptors (Lipinski definition) is 6. The summed E-state index contributed by atoms with van der Waals surface area (Å²) >= 11 is 0. The van der Waals surface area contributed by atoms with E-state index >= 15 is 0 Å². The Morgan fingerprint density at radius 1 is 1.00 bits per heavy atom. The molecule has 3 fully saturated rings. The zero-order valence-corrected chi connectivity index (χ0v) is 16.5. The molecule has 2 aromatic rings. The minimum absolute atomic E-state index is 0.00426. The van der Waals surface area contributed by atoms with Gasteiger partial charge in [0.2, 0.25) is 11.8 Å². The molecule has 4 aliphatic rings. The van der Waals surface area contributed by atoms with Gasteiger partial charge >= 0.3 is 0 Å². The van der Waals surface area contributed by atoms with E-state index in [0.717, 1.165) is 17.7 Å². The van der Waals surface area contributed by atoms with Gasteiger partial charge in [-0.2, -0.15) is 5.26 Å². The van der Waals surface area contributed by atoms with Crippen LogP contribution in [0.15, 0.2) is 59.8 Å². The van der Waals surface area contributed by atoms with Crippen molar-refractivity contribution < 1.29 is 19.2 Å². The number of rotatable bonds is 4. The van der Waals surface area contributed by atoms with E-state index in [0.29, 0.717) is 11.4 Å². The summed E-state index contributed by atoms with van der Waals surface area (Å²) in [6.07, 6.45) is 0.649. The molecule has 2 heterocycles. The van der Waals surface area contributed by atoms with Crippen molar-refractivity contribution in [3.63, 3.8) is 0 Å². The lowest BCUT2D eigenvalue weighted by Gasteiger charge is -2.29. The predicted octanol–water partition coefficient (Wildman–Crippen LogP) is 2.76. The third-order valence-corrected chi connectivity index (χ3v) is 7.16. The Balaban J connectivity index is 1.29. The molecule has 6 atom stereocenters. The van der Waals surface area contributed by atoms with Gasteiger partial charge in [-0.25, -0.2) is 0 Å². The van der Waals surface area contributed by atoms with Crippen LogP contribution in [-0.2, 0) is 14.4 Å². The first-order valence-corrected chi connectivity index (χ1v) is 10.5. The summed E-state index contributed by atoms with van der Waals surface area (Å²) in [6.45, 7) is -0.00498. The van der Waals surface area contributed by atoms with E-state index < -0.39 is 0 Å². The van der Waals surface area contributed by atoms with Crippen molar-refractivity contribution in [3.05, 3.63) is 60.2 Å². The van der Waals surface area contributed by atoms with E-state index in [9.17, 15) is 9.59 Å². The van der Waals surface area contributed by atoms with E-state index in [-0.39, 0.29) is 54.1 Å². The average Bonchev–Trinajstić information content (AvgIpc) is 3.53. The van der Waals surface area contributed by atoms with Crippen LogP contribution in [0.5, 0.6) is 5.75 Å². The van der Waals surface area contributed by atoms with Crippen LogP contribution >= 0.6 is 0 Å². The predicted molar refractivity (Wildman–Crippen MR) is 110 cm³/mol. The van der Waals surface area contributed by atoms with Crippen molar-refractivity contribution in [2.24, 2.45) is 34.7 Å². The molecule has 0 spiro atoms. The molecule has 6 rings (SSSR count). The molecule has 0 N–H and O–H groups in total. The Bertz CT molecular complexity index is 1140. The maximum Gasteiger partial charge on any atom is 0.238 e. The normalized spacial score (nSPS) is 32.4. The molecule has 7 heteroatoms. The van der Waals surface area contributed by atoms with Gasteiger partial charge in [0.1, 0.15) is 17.9 Å². The quantitative estimate of drug-likeness (QED) is 0.719. The molecule has 1 saturated heterocycles. The Morgan fingerprint density at radius 3 is 2.42 bits per heavy atom. The highest BCUT2D eigenvalue weighted by Crippen LogP contribution is 2.62. The van der Waals surface area contributed by atoms with Crippen LogP contribution in [0.25, 0.3) is 0 Å². The summed E-state index contributed by atoms with van der Waals surface area (Å²) < 4.78 is 5.33. The number of ether oxygens (including phenoxy) is 1. The smallest absolute Gasteiger partial charge is 0.238 e. The van der Waals surface area contributed by atoms with E-state index in [1.165, 1.54) is 4.90 Å². The molecule has 31 heavy (non-hydrogen) atoms. The summed E-state index contributed by atoms with van der Waals surface area (Å²) in [4.78, 5) is 33.8. The zero-order valence-electron chi connectivity index (χ0n) is 16.5. The van der Waals surface area contributed by atoms with Crippen LogP contribution in [0.2, 0.25) is 0 Å². The SMILES string of the molecule is N#CCOc1ccc(C2=NO[C@@H]3[C@H]4C[C@H]([C@@H]23)[C@@H]2C(=O)N(c3ccccc3)C(=O)[C@@H]42)cc1. The van der Waals surface area contributed by atoms with Crippen molar-refractivity contribution in [1.82, 2.24) is 0 Å². The minimum atomic E-state index is -0.324. The summed E-state index contributed by atoms with van der Waals surface area (Å²) in [6, 6.07) is 18.5. The number of nitrogens with zero attached hydrogens (tertiary/aromatic N) is 3. The van der Waals surface area contributed by atoms with Gasteiger partial charge in [-0.15, -0.1) is 0 Å². The van der Waals surface area contributed by atoms with Crippen LogP contribution in [0.4, 0.5) is 5.69 Å². The average molecular weight is 413 g/mol. The Labute approximate surface area is 178 Å². The van der Waals surface area contributed by atoms with Gasteiger partial charge < -0.3 is 9.57 Å². The first kappa shape index (κ1) is 18.1. The zero-order chi connectivity index (χ0) is 21.1. The first-order chi connectivity index (χ1) is 15.2. The highest BCUT2D eigenvalue weighted by molar-refractivity contribution is 6.23. The molecule has 0 aromatic heterocycles. The van der Waals surface area contributed by atoms with E-state index in [1.54, 1.807) is 24.3 Å². The summed E-state index contributed by atoms with van der Waals surface area (Å²) in [5, 5.41) is 13.0. The number of carbonyl (C=O) groups excluding carboxylic acids is 2. The largest absolute Gasteiger partial charge is 0.479 e. The van der Waals surface area contributed by atoms with Crippen LogP contribution in [0.3, 0.4) is 0 Å². The van der Waals surface area contributed by atoms with Gasteiger partial charge in [0.05, 0.1) is 23.2 Å². The van der Waals surface area contributed by atoms with Crippen LogP contribution < -0.4 is 9.64 Å². The number of para-hydroxylation sites is 1. The van der Waals surface area contributed by atoms with Crippen LogP contribution in [-0.4, -0.2) is 30.2 Å². The fraction of sp³-hybridized carbons (Fsp3) is 0.333. The summed E-state index contributed by atoms with van der Waals surface area (Å²) in [7, 11) is 0. The van der Waals surface area contributed by atoms with Crippen molar-refractivity contribution in [3.8, 4) is 11.8 Å². The molecule has 2 saturated carbocycles. The second-order valence-corrected chi connectivity index (χ2v) is 8.51. The summed E-state index contributed by atoms with van der Waals surface area (Å²) in [5.41, 5.74) is 2.39. The number of amides is 2. The third kappa shape index (κ3) is 2.48. The minimum Gasteiger partial charge on any atom is -0.479 e. The highest BCUT2D eigenvalue weighted by Gasteiger charge is 2.70. The van der Waals surface area contributed by atoms with Crippen molar-refractivity contribution in [2.45, 2.75) is 12.5 Å². The second kappa shape index (κ2) is 6.67. The molecule has 2 bridgehead atoms. The molecule has 154 valence electrons. The lowest BCUT2D eigenvalue weighted by atomic mass is 9.71. The Morgan fingerprint density at radius 2 is 1.71 bits per heavy atom. The number of oxime groups is 1. The first-order valence-electron chi connectivity index (χ1n) is 10.5. The number of anilines is 1. The van der Waals surface area contributed by atoms with Crippen molar-refractivity contribution in [1.29, 1.82) is 5.26 Å². The van der Waals surface area contributed by atoms with E-state index in [2.05, 4.69) is 5.16 Å². The molecular formula is C24H19N3O4. The molecule has 2 aliphatic carbocycles.